The summed E-state index contributed by atoms with van der Waals surface area (Å²) in [5.74, 6) is 0.289. The Bertz CT molecular complexity index is 804. The number of hydrogen-bond acceptors (Lipinski definition) is 5. The van der Waals surface area contributed by atoms with Crippen LogP contribution in [0.3, 0.4) is 0 Å². The average molecular weight is 377 g/mol. The summed E-state index contributed by atoms with van der Waals surface area (Å²) in [6.07, 6.45) is 0. The number of carbonyl (C=O) groups excluding carboxylic acids is 2. The van der Waals surface area contributed by atoms with E-state index < -0.39 is 6.04 Å². The maximum atomic E-state index is 12.9. The highest BCUT2D eigenvalue weighted by Gasteiger charge is 2.49. The van der Waals surface area contributed by atoms with Crippen LogP contribution in [-0.2, 0) is 11.3 Å². The van der Waals surface area contributed by atoms with Crippen LogP contribution in [0.1, 0.15) is 17.0 Å². The van der Waals surface area contributed by atoms with Gasteiger partial charge in [0.2, 0.25) is 0 Å². The molecule has 1 aromatic carbocycles. The number of imide groups is 1. The second kappa shape index (κ2) is 7.09. The second-order valence-electron chi connectivity index (χ2n) is 6.56. The Morgan fingerprint density at radius 3 is 2.54 bits per heavy atom. The minimum atomic E-state index is -0.446. The van der Waals surface area contributed by atoms with E-state index in [1.165, 1.54) is 10.5 Å². The van der Waals surface area contributed by atoms with Crippen molar-refractivity contribution in [1.82, 2.24) is 15.0 Å². The Morgan fingerprint density at radius 1 is 1.15 bits per heavy atom. The highest BCUT2D eigenvalue weighted by atomic mass is 35.5. The third-order valence-electron chi connectivity index (χ3n) is 4.88. The van der Waals surface area contributed by atoms with Crippen molar-refractivity contribution in [2.75, 3.05) is 24.5 Å². The van der Waals surface area contributed by atoms with E-state index in [9.17, 15) is 9.59 Å². The van der Waals surface area contributed by atoms with Crippen LogP contribution < -0.4 is 4.90 Å². The van der Waals surface area contributed by atoms with Gasteiger partial charge in [0, 0.05) is 26.2 Å². The van der Waals surface area contributed by atoms with Crippen LogP contribution >= 0.6 is 12.4 Å². The molecule has 0 saturated carbocycles. The van der Waals surface area contributed by atoms with Gasteiger partial charge < -0.3 is 9.42 Å². The zero-order chi connectivity index (χ0) is 17.6. The Labute approximate surface area is 157 Å². The quantitative estimate of drug-likeness (QED) is 0.769. The Kier molecular flexibility index (Phi) is 5.02. The molecule has 3 amide bonds. The highest BCUT2D eigenvalue weighted by Crippen LogP contribution is 2.32. The number of carbonyl (C=O) groups is 2. The fraction of sp³-hybridized carbons (Fsp3) is 0.389. The minimum absolute atomic E-state index is 0. The summed E-state index contributed by atoms with van der Waals surface area (Å²) in [7, 11) is 0. The zero-order valence-electron chi connectivity index (χ0n) is 14.7. The SMILES string of the molecule is Cc1noc(C)c1N1C(=O)C2CN(Cc3ccccc3)CCN2C1=O.Cl. The van der Waals surface area contributed by atoms with E-state index in [0.717, 1.165) is 13.1 Å². The molecule has 0 radical (unpaired) electrons. The number of aromatic nitrogens is 1. The van der Waals surface area contributed by atoms with E-state index in [4.69, 9.17) is 4.52 Å². The first-order valence-corrected chi connectivity index (χ1v) is 8.40. The summed E-state index contributed by atoms with van der Waals surface area (Å²) in [6, 6.07) is 9.43. The summed E-state index contributed by atoms with van der Waals surface area (Å²) >= 11 is 0. The molecule has 2 aromatic rings. The lowest BCUT2D eigenvalue weighted by Gasteiger charge is -2.35. The zero-order valence-corrected chi connectivity index (χ0v) is 15.5. The number of urea groups is 1. The number of nitrogens with zero attached hydrogens (tertiary/aromatic N) is 4. The third kappa shape index (κ3) is 2.97. The molecule has 2 aliphatic rings. The number of halogens is 1. The average Bonchev–Trinajstić information content (AvgIpc) is 3.06. The van der Waals surface area contributed by atoms with E-state index in [-0.39, 0.29) is 24.3 Å². The summed E-state index contributed by atoms with van der Waals surface area (Å²) in [5.41, 5.74) is 2.24. The molecule has 3 heterocycles. The van der Waals surface area contributed by atoms with Gasteiger partial charge in [0.15, 0.2) is 5.76 Å². The minimum Gasteiger partial charge on any atom is -0.359 e. The second-order valence-corrected chi connectivity index (χ2v) is 6.56. The number of aryl methyl sites for hydroxylation is 2. The molecule has 2 fully saturated rings. The molecule has 0 spiro atoms. The number of rotatable bonds is 3. The van der Waals surface area contributed by atoms with Crippen molar-refractivity contribution >= 4 is 30.0 Å². The van der Waals surface area contributed by atoms with E-state index >= 15 is 0 Å². The normalized spacial score (nSPS) is 20.3. The molecule has 2 aliphatic heterocycles. The predicted molar refractivity (Wildman–Crippen MR) is 98.3 cm³/mol. The van der Waals surface area contributed by atoms with Crippen LogP contribution in [0.15, 0.2) is 34.9 Å². The number of hydrogen-bond donors (Lipinski definition) is 0. The van der Waals surface area contributed by atoms with E-state index in [1.54, 1.807) is 18.7 Å². The van der Waals surface area contributed by atoms with Gasteiger partial charge in [0.25, 0.3) is 5.91 Å². The number of benzene rings is 1. The van der Waals surface area contributed by atoms with Crippen LogP contribution in [0.2, 0.25) is 0 Å². The van der Waals surface area contributed by atoms with E-state index in [1.807, 2.05) is 18.2 Å². The lowest BCUT2D eigenvalue weighted by molar-refractivity contribution is -0.121. The molecule has 4 rings (SSSR count). The maximum absolute atomic E-state index is 12.9. The first-order valence-electron chi connectivity index (χ1n) is 8.40. The fourth-order valence-electron chi connectivity index (χ4n) is 3.64. The van der Waals surface area contributed by atoms with Crippen molar-refractivity contribution in [3.05, 3.63) is 47.3 Å². The third-order valence-corrected chi connectivity index (χ3v) is 4.88. The smallest absolute Gasteiger partial charge is 0.332 e. The number of anilines is 1. The van der Waals surface area contributed by atoms with Crippen molar-refractivity contribution in [3.8, 4) is 0 Å². The standard InChI is InChI=1S/C18H20N4O3.ClH/c1-12-16(13(2)25-19-12)22-17(23)15-11-20(8-9-21(15)18(22)24)10-14-6-4-3-5-7-14;/h3-7,15H,8-11H2,1-2H3;1H. The summed E-state index contributed by atoms with van der Waals surface area (Å²) in [5, 5.41) is 3.87. The summed E-state index contributed by atoms with van der Waals surface area (Å²) < 4.78 is 5.13. The molecule has 0 bridgehead atoms. The molecular weight excluding hydrogens is 356 g/mol. The van der Waals surface area contributed by atoms with Gasteiger partial charge in [0.1, 0.15) is 17.4 Å². The van der Waals surface area contributed by atoms with Gasteiger partial charge in [-0.1, -0.05) is 35.5 Å². The first kappa shape index (κ1) is 18.4. The molecule has 1 aromatic heterocycles. The lowest BCUT2D eigenvalue weighted by atomic mass is 10.1. The maximum Gasteiger partial charge on any atom is 0.332 e. The molecular formula is C18H21ClN4O3. The van der Waals surface area contributed by atoms with Crippen LogP contribution in [0.25, 0.3) is 0 Å². The van der Waals surface area contributed by atoms with Crippen molar-refractivity contribution in [3.63, 3.8) is 0 Å². The molecule has 7 nitrogen and oxygen atoms in total. The summed E-state index contributed by atoms with van der Waals surface area (Å²) in [4.78, 5) is 30.8. The molecule has 2 saturated heterocycles. The first-order chi connectivity index (χ1) is 12.1. The van der Waals surface area contributed by atoms with Gasteiger partial charge in [-0.2, -0.15) is 0 Å². The van der Waals surface area contributed by atoms with Gasteiger partial charge in [-0.15, -0.1) is 12.4 Å². The monoisotopic (exact) mass is 376 g/mol. The van der Waals surface area contributed by atoms with Crippen LogP contribution in [0.5, 0.6) is 0 Å². The number of amides is 3. The topological polar surface area (TPSA) is 69.9 Å². The van der Waals surface area contributed by atoms with Crippen molar-refractivity contribution in [2.24, 2.45) is 0 Å². The van der Waals surface area contributed by atoms with Crippen LogP contribution in [-0.4, -0.2) is 52.6 Å². The van der Waals surface area contributed by atoms with Gasteiger partial charge in [0.05, 0.1) is 0 Å². The molecule has 138 valence electrons. The van der Waals surface area contributed by atoms with Crippen molar-refractivity contribution in [1.29, 1.82) is 0 Å². The van der Waals surface area contributed by atoms with Crippen LogP contribution in [0, 0.1) is 13.8 Å². The lowest BCUT2D eigenvalue weighted by Crippen LogP contribution is -2.52. The Hall–Kier alpha value is -2.38. The molecule has 26 heavy (non-hydrogen) atoms. The number of piperazine rings is 1. The van der Waals surface area contributed by atoms with E-state index in [0.29, 0.717) is 30.2 Å². The van der Waals surface area contributed by atoms with Crippen LogP contribution in [0.4, 0.5) is 10.5 Å². The molecule has 8 heteroatoms. The van der Waals surface area contributed by atoms with Gasteiger partial charge in [-0.05, 0) is 19.4 Å². The molecule has 0 N–H and O–H groups in total. The Morgan fingerprint density at radius 2 is 1.88 bits per heavy atom. The highest BCUT2D eigenvalue weighted by molar-refractivity contribution is 6.22. The molecule has 1 atom stereocenters. The summed E-state index contributed by atoms with van der Waals surface area (Å²) in [6.45, 7) is 6.07. The van der Waals surface area contributed by atoms with Gasteiger partial charge >= 0.3 is 6.03 Å². The van der Waals surface area contributed by atoms with Crippen molar-refractivity contribution in [2.45, 2.75) is 26.4 Å². The largest absolute Gasteiger partial charge is 0.359 e. The number of fused-ring (bicyclic) bond motifs is 1. The fourth-order valence-corrected chi connectivity index (χ4v) is 3.64. The van der Waals surface area contributed by atoms with Gasteiger partial charge in [-0.3, -0.25) is 9.69 Å². The Balaban J connectivity index is 0.00000196. The van der Waals surface area contributed by atoms with E-state index in [2.05, 4.69) is 22.2 Å². The molecule has 1 unspecified atom stereocenters. The van der Waals surface area contributed by atoms with Gasteiger partial charge in [-0.25, -0.2) is 9.69 Å². The predicted octanol–water partition coefficient (Wildman–Crippen LogP) is 2.37. The molecule has 0 aliphatic carbocycles. The van der Waals surface area contributed by atoms with Crippen molar-refractivity contribution < 1.29 is 14.1 Å².